The van der Waals surface area contributed by atoms with Crippen molar-refractivity contribution in [3.8, 4) is 5.75 Å². The number of hydrogen-bond donors (Lipinski definition) is 2. The summed E-state index contributed by atoms with van der Waals surface area (Å²) in [6, 6.07) is 15.4. The number of para-hydroxylation sites is 2. The summed E-state index contributed by atoms with van der Waals surface area (Å²) in [5, 5.41) is 5.88. The van der Waals surface area contributed by atoms with E-state index in [-0.39, 0.29) is 6.03 Å². The van der Waals surface area contributed by atoms with E-state index in [0.717, 1.165) is 103 Å². The highest BCUT2D eigenvalue weighted by atomic mass is 16.5. The third-order valence-corrected chi connectivity index (χ3v) is 8.39. The summed E-state index contributed by atoms with van der Waals surface area (Å²) >= 11 is 0. The largest absolute Gasteiger partial charge is 0.492 e. The molecular formula is C32H47N7O5. The van der Waals surface area contributed by atoms with Crippen molar-refractivity contribution in [3.05, 3.63) is 48.5 Å². The van der Waals surface area contributed by atoms with Gasteiger partial charge in [-0.15, -0.1) is 0 Å². The number of rotatable bonds is 11. The van der Waals surface area contributed by atoms with Crippen LogP contribution in [0, 0.1) is 0 Å². The maximum absolute atomic E-state index is 13.0. The molecule has 0 spiro atoms. The second kappa shape index (κ2) is 16.5. The lowest BCUT2D eigenvalue weighted by molar-refractivity contribution is 0.0311. The van der Waals surface area contributed by atoms with Crippen LogP contribution < -0.4 is 20.3 Å². The molecule has 0 saturated carbocycles. The molecule has 0 unspecified atom stereocenters. The fourth-order valence-corrected chi connectivity index (χ4v) is 5.76. The number of ether oxygens (including phenoxy) is 3. The molecule has 3 aliphatic heterocycles. The minimum Gasteiger partial charge on any atom is -0.492 e. The SMILES string of the molecule is CCOc1ccccc1NC(=O)OCCN1CCN(c2cccc(NC(=O)N3CCN(CCN4CCOCC4)CC3)c2)CC1. The van der Waals surface area contributed by atoms with Gasteiger partial charge >= 0.3 is 12.1 Å². The Balaban J connectivity index is 0.987. The number of nitrogens with one attached hydrogen (secondary N) is 2. The average Bonchev–Trinajstić information content (AvgIpc) is 3.06. The average molecular weight is 610 g/mol. The Morgan fingerprint density at radius 2 is 1.45 bits per heavy atom. The molecular weight excluding hydrogens is 562 g/mol. The number of carbonyl (C=O) groups excluding carboxylic acids is 2. The predicted molar refractivity (Wildman–Crippen MR) is 172 cm³/mol. The topological polar surface area (TPSA) is 102 Å². The third kappa shape index (κ3) is 9.46. The highest BCUT2D eigenvalue weighted by Gasteiger charge is 2.23. The van der Waals surface area contributed by atoms with E-state index in [9.17, 15) is 9.59 Å². The Morgan fingerprint density at radius 1 is 0.773 bits per heavy atom. The highest BCUT2D eigenvalue weighted by molar-refractivity contribution is 5.90. The molecule has 2 N–H and O–H groups in total. The van der Waals surface area contributed by atoms with Crippen LogP contribution in [0.4, 0.5) is 26.7 Å². The first-order valence-electron chi connectivity index (χ1n) is 15.9. The van der Waals surface area contributed by atoms with E-state index in [1.807, 2.05) is 42.2 Å². The van der Waals surface area contributed by atoms with E-state index in [2.05, 4.69) is 42.4 Å². The summed E-state index contributed by atoms with van der Waals surface area (Å²) in [7, 11) is 0. The van der Waals surface area contributed by atoms with Gasteiger partial charge in [0.1, 0.15) is 12.4 Å². The quantitative estimate of drug-likeness (QED) is 0.398. The minimum atomic E-state index is -0.486. The smallest absolute Gasteiger partial charge is 0.411 e. The van der Waals surface area contributed by atoms with Gasteiger partial charge in [-0.2, -0.15) is 0 Å². The third-order valence-electron chi connectivity index (χ3n) is 8.39. The van der Waals surface area contributed by atoms with Crippen LogP contribution in [0.2, 0.25) is 0 Å². The lowest BCUT2D eigenvalue weighted by atomic mass is 10.2. The number of nitrogens with zero attached hydrogens (tertiary/aromatic N) is 5. The molecule has 3 heterocycles. The van der Waals surface area contributed by atoms with Crippen LogP contribution in [0.5, 0.6) is 5.75 Å². The second-order valence-corrected chi connectivity index (χ2v) is 11.3. The molecule has 0 aromatic heterocycles. The van der Waals surface area contributed by atoms with Gasteiger partial charge in [-0.3, -0.25) is 20.0 Å². The highest BCUT2D eigenvalue weighted by Crippen LogP contribution is 2.24. The van der Waals surface area contributed by atoms with Gasteiger partial charge in [0.2, 0.25) is 0 Å². The number of hydrogen-bond acceptors (Lipinski definition) is 9. The predicted octanol–water partition coefficient (Wildman–Crippen LogP) is 2.94. The van der Waals surface area contributed by atoms with Crippen LogP contribution in [0.15, 0.2) is 48.5 Å². The van der Waals surface area contributed by atoms with Crippen molar-refractivity contribution in [2.24, 2.45) is 0 Å². The number of anilines is 3. The minimum absolute atomic E-state index is 0.0368. The van der Waals surface area contributed by atoms with E-state index in [4.69, 9.17) is 14.2 Å². The van der Waals surface area contributed by atoms with E-state index >= 15 is 0 Å². The fourth-order valence-electron chi connectivity index (χ4n) is 5.76. The van der Waals surface area contributed by atoms with Gasteiger partial charge in [0.05, 0.1) is 25.5 Å². The van der Waals surface area contributed by atoms with Gasteiger partial charge in [-0.1, -0.05) is 18.2 Å². The van der Waals surface area contributed by atoms with Crippen LogP contribution in [0.25, 0.3) is 0 Å². The van der Waals surface area contributed by atoms with Gasteiger partial charge in [-0.25, -0.2) is 9.59 Å². The summed E-state index contributed by atoms with van der Waals surface area (Å²) < 4.78 is 16.4. The van der Waals surface area contributed by atoms with Crippen molar-refractivity contribution < 1.29 is 23.8 Å². The lowest BCUT2D eigenvalue weighted by Crippen LogP contribution is -2.51. The molecule has 3 amide bonds. The maximum Gasteiger partial charge on any atom is 0.411 e. The summed E-state index contributed by atoms with van der Waals surface area (Å²) in [6.45, 7) is 15.9. The number of benzene rings is 2. The fraction of sp³-hybridized carbons (Fsp3) is 0.562. The number of amides is 3. The molecule has 0 radical (unpaired) electrons. The van der Waals surface area contributed by atoms with E-state index in [1.54, 1.807) is 6.07 Å². The van der Waals surface area contributed by atoms with Crippen molar-refractivity contribution in [2.75, 3.05) is 127 Å². The van der Waals surface area contributed by atoms with Gasteiger partial charge < -0.3 is 29.3 Å². The molecule has 240 valence electrons. The Kier molecular flexibility index (Phi) is 11.9. The monoisotopic (exact) mass is 609 g/mol. The van der Waals surface area contributed by atoms with Gasteiger partial charge in [0.25, 0.3) is 0 Å². The molecule has 3 saturated heterocycles. The maximum atomic E-state index is 13.0. The first-order valence-corrected chi connectivity index (χ1v) is 15.9. The summed E-state index contributed by atoms with van der Waals surface area (Å²) in [4.78, 5) is 36.8. The van der Waals surface area contributed by atoms with Crippen molar-refractivity contribution in [1.29, 1.82) is 0 Å². The zero-order chi connectivity index (χ0) is 30.6. The molecule has 44 heavy (non-hydrogen) atoms. The summed E-state index contributed by atoms with van der Waals surface area (Å²) in [6.07, 6.45) is -0.486. The standard InChI is InChI=1S/C32H47N7O5/c1-2-43-30-9-4-3-8-29(30)34-32(41)44-25-22-36-12-16-38(17-13-36)28-7-5-6-27(26-28)33-31(40)39-18-14-35(15-19-39)10-11-37-20-23-42-24-21-37/h3-9,26H,2,10-25H2,1H3,(H,33,40)(H,34,41). The van der Waals surface area contributed by atoms with Gasteiger partial charge in [0.15, 0.2) is 0 Å². The molecule has 0 bridgehead atoms. The number of morpholine rings is 1. The molecule has 0 atom stereocenters. The molecule has 2 aromatic rings. The second-order valence-electron chi connectivity index (χ2n) is 11.3. The Hall–Kier alpha value is -3.58. The first kappa shape index (κ1) is 31.8. The first-order chi connectivity index (χ1) is 21.6. The zero-order valence-corrected chi connectivity index (χ0v) is 25.9. The lowest BCUT2D eigenvalue weighted by Gasteiger charge is -2.37. The number of piperazine rings is 2. The Bertz CT molecular complexity index is 1200. The Morgan fingerprint density at radius 3 is 2.20 bits per heavy atom. The van der Waals surface area contributed by atoms with Crippen LogP contribution in [0.1, 0.15) is 6.92 Å². The molecule has 12 nitrogen and oxygen atoms in total. The van der Waals surface area contributed by atoms with Crippen molar-refractivity contribution in [1.82, 2.24) is 19.6 Å². The summed E-state index contributed by atoms with van der Waals surface area (Å²) in [5.41, 5.74) is 2.51. The van der Waals surface area contributed by atoms with Crippen molar-refractivity contribution in [3.63, 3.8) is 0 Å². The number of carbonyl (C=O) groups is 2. The molecule has 2 aromatic carbocycles. The Labute approximate surface area is 260 Å². The van der Waals surface area contributed by atoms with Crippen molar-refractivity contribution in [2.45, 2.75) is 6.92 Å². The molecule has 3 aliphatic rings. The van der Waals surface area contributed by atoms with Crippen LogP contribution in [0.3, 0.4) is 0 Å². The van der Waals surface area contributed by atoms with E-state index < -0.39 is 6.09 Å². The number of urea groups is 1. The molecule has 12 heteroatoms. The van der Waals surface area contributed by atoms with Crippen molar-refractivity contribution >= 4 is 29.2 Å². The van der Waals surface area contributed by atoms with E-state index in [0.29, 0.717) is 31.2 Å². The van der Waals surface area contributed by atoms with E-state index in [1.165, 1.54) is 0 Å². The zero-order valence-electron chi connectivity index (χ0n) is 25.9. The molecule has 0 aliphatic carbocycles. The van der Waals surface area contributed by atoms with Gasteiger partial charge in [0, 0.05) is 96.5 Å². The van der Waals surface area contributed by atoms with Crippen LogP contribution in [-0.4, -0.2) is 143 Å². The normalized spacial score (nSPS) is 18.6. The molecule has 3 fully saturated rings. The molecule has 5 rings (SSSR count). The van der Waals surface area contributed by atoms with Crippen LogP contribution >= 0.6 is 0 Å². The summed E-state index contributed by atoms with van der Waals surface area (Å²) in [5.74, 6) is 0.625. The van der Waals surface area contributed by atoms with Gasteiger partial charge in [-0.05, 0) is 37.3 Å². The van der Waals surface area contributed by atoms with Crippen LogP contribution in [-0.2, 0) is 9.47 Å².